The van der Waals surface area contributed by atoms with Crippen LogP contribution in [-0.2, 0) is 19.7 Å². The summed E-state index contributed by atoms with van der Waals surface area (Å²) in [4.78, 5) is 11.6. The minimum Gasteiger partial charge on any atom is -0.348 e. The highest BCUT2D eigenvalue weighted by Crippen LogP contribution is 2.26. The lowest BCUT2D eigenvalue weighted by Crippen LogP contribution is -2.26. The molecule has 0 bridgehead atoms. The van der Waals surface area contributed by atoms with Gasteiger partial charge in [-0.3, -0.25) is 4.79 Å². The van der Waals surface area contributed by atoms with Crippen molar-refractivity contribution in [2.45, 2.75) is 16.6 Å². The third-order valence-electron chi connectivity index (χ3n) is 3.55. The molecule has 1 amide bonds. The lowest BCUT2D eigenvalue weighted by molar-refractivity contribution is 0.0953. The van der Waals surface area contributed by atoms with Gasteiger partial charge in [-0.1, -0.05) is 6.08 Å². The maximum absolute atomic E-state index is 13.8. The van der Waals surface area contributed by atoms with E-state index in [1.807, 2.05) is 0 Å². The van der Waals surface area contributed by atoms with E-state index in [0.29, 0.717) is 0 Å². The molecule has 0 aliphatic carbocycles. The Labute approximate surface area is 134 Å². The molecule has 0 unspecified atom stereocenters. The Kier molecular flexibility index (Phi) is 4.90. The molecule has 1 aromatic carbocycles. The highest BCUT2D eigenvalue weighted by Gasteiger charge is 2.38. The number of carbonyl (C=O) groups is 1. The van der Waals surface area contributed by atoms with Crippen LogP contribution in [0.15, 0.2) is 35.7 Å². The molecule has 0 radical (unpaired) electrons. The maximum Gasteiger partial charge on any atom is 0.254 e. The van der Waals surface area contributed by atoms with Crippen LogP contribution in [0.2, 0.25) is 0 Å². The first-order valence-electron chi connectivity index (χ1n) is 6.80. The summed E-state index contributed by atoms with van der Waals surface area (Å²) in [7, 11) is -7.33. The van der Waals surface area contributed by atoms with Crippen molar-refractivity contribution in [1.82, 2.24) is 5.32 Å². The predicted octanol–water partition coefficient (Wildman–Crippen LogP) is 0.702. The van der Waals surface area contributed by atoms with Gasteiger partial charge in [0.1, 0.15) is 5.82 Å². The normalized spacial score (nSPS) is 20.1. The molecule has 1 aliphatic rings. The number of nitrogens with one attached hydrogen (secondary N) is 1. The molecular weight excluding hydrogens is 345 g/mol. The quantitative estimate of drug-likeness (QED) is 0.615. The smallest absolute Gasteiger partial charge is 0.254 e. The second-order valence-corrected chi connectivity index (χ2v) is 9.67. The van der Waals surface area contributed by atoms with E-state index in [0.717, 1.165) is 18.2 Å². The van der Waals surface area contributed by atoms with Gasteiger partial charge < -0.3 is 5.32 Å². The Morgan fingerprint density at radius 3 is 2.70 bits per heavy atom. The highest BCUT2D eigenvalue weighted by molar-refractivity contribution is 7.96. The zero-order valence-corrected chi connectivity index (χ0v) is 13.8. The van der Waals surface area contributed by atoms with E-state index in [1.165, 1.54) is 6.08 Å². The first kappa shape index (κ1) is 17.6. The van der Waals surface area contributed by atoms with Crippen molar-refractivity contribution in [2.75, 3.05) is 18.1 Å². The lowest BCUT2D eigenvalue weighted by Gasteiger charge is -2.12. The molecule has 0 aromatic heterocycles. The van der Waals surface area contributed by atoms with Crippen LogP contribution in [0.3, 0.4) is 0 Å². The summed E-state index contributed by atoms with van der Waals surface area (Å²) in [5.74, 6) is -2.27. The lowest BCUT2D eigenvalue weighted by atomic mass is 10.2. The topological polar surface area (TPSA) is 97.4 Å². The predicted molar refractivity (Wildman–Crippen MR) is 83.2 cm³/mol. The van der Waals surface area contributed by atoms with E-state index >= 15 is 0 Å². The van der Waals surface area contributed by atoms with Gasteiger partial charge in [-0.25, -0.2) is 21.2 Å². The molecule has 9 heteroatoms. The van der Waals surface area contributed by atoms with Crippen molar-refractivity contribution >= 4 is 25.6 Å². The first-order valence-corrected chi connectivity index (χ1v) is 10.2. The number of benzene rings is 1. The van der Waals surface area contributed by atoms with Gasteiger partial charge in [0.25, 0.3) is 5.91 Å². The largest absolute Gasteiger partial charge is 0.348 e. The number of carbonyl (C=O) groups excluding carboxylic acids is 1. The van der Waals surface area contributed by atoms with Crippen LogP contribution in [0.5, 0.6) is 0 Å². The molecule has 1 saturated heterocycles. The number of hydrogen-bond acceptors (Lipinski definition) is 5. The fourth-order valence-corrected chi connectivity index (χ4v) is 6.70. The molecule has 2 rings (SSSR count). The summed E-state index contributed by atoms with van der Waals surface area (Å²) in [6, 6.07) is 2.87. The zero-order chi connectivity index (χ0) is 17.3. The third-order valence-corrected chi connectivity index (χ3v) is 7.72. The van der Waals surface area contributed by atoms with Crippen LogP contribution in [0.25, 0.3) is 0 Å². The summed E-state index contributed by atoms with van der Waals surface area (Å²) in [6.45, 7) is 3.52. The van der Waals surface area contributed by atoms with Gasteiger partial charge >= 0.3 is 0 Å². The average molecular weight is 361 g/mol. The Bertz CT molecular complexity index is 846. The molecule has 1 aliphatic heterocycles. The first-order chi connectivity index (χ1) is 10.7. The maximum atomic E-state index is 13.8. The van der Waals surface area contributed by atoms with Gasteiger partial charge in [0.2, 0.25) is 0 Å². The molecule has 0 spiro atoms. The van der Waals surface area contributed by atoms with E-state index in [9.17, 15) is 26.0 Å². The molecular formula is C14H16FNO5S2. The summed E-state index contributed by atoms with van der Waals surface area (Å²) < 4.78 is 61.7. The molecule has 23 heavy (non-hydrogen) atoms. The van der Waals surface area contributed by atoms with Crippen molar-refractivity contribution in [1.29, 1.82) is 0 Å². The number of sulfone groups is 2. The zero-order valence-electron chi connectivity index (χ0n) is 12.2. The molecule has 1 fully saturated rings. The van der Waals surface area contributed by atoms with Crippen LogP contribution in [-0.4, -0.2) is 46.0 Å². The monoisotopic (exact) mass is 361 g/mol. The van der Waals surface area contributed by atoms with Gasteiger partial charge in [-0.05, 0) is 24.6 Å². The molecule has 6 nitrogen and oxygen atoms in total. The van der Waals surface area contributed by atoms with Crippen LogP contribution in [0.4, 0.5) is 4.39 Å². The van der Waals surface area contributed by atoms with Crippen molar-refractivity contribution in [3.8, 4) is 0 Å². The number of rotatable bonds is 5. The van der Waals surface area contributed by atoms with Gasteiger partial charge in [-0.2, -0.15) is 0 Å². The Morgan fingerprint density at radius 1 is 1.43 bits per heavy atom. The minimum atomic E-state index is -3.95. The fourth-order valence-electron chi connectivity index (χ4n) is 2.31. The average Bonchev–Trinajstić information content (AvgIpc) is 2.86. The summed E-state index contributed by atoms with van der Waals surface area (Å²) in [5.41, 5.74) is -0.409. The van der Waals surface area contributed by atoms with E-state index in [4.69, 9.17) is 0 Å². The van der Waals surface area contributed by atoms with Crippen LogP contribution in [0.1, 0.15) is 16.8 Å². The van der Waals surface area contributed by atoms with E-state index in [2.05, 4.69) is 11.9 Å². The van der Waals surface area contributed by atoms with Crippen molar-refractivity contribution in [3.63, 3.8) is 0 Å². The summed E-state index contributed by atoms with van der Waals surface area (Å²) >= 11 is 0. The number of halogens is 1. The Hall–Kier alpha value is -1.74. The molecule has 126 valence electrons. The minimum absolute atomic E-state index is 0.0000367. The van der Waals surface area contributed by atoms with Gasteiger partial charge in [0.15, 0.2) is 19.7 Å². The van der Waals surface area contributed by atoms with Crippen LogP contribution >= 0.6 is 0 Å². The van der Waals surface area contributed by atoms with Crippen molar-refractivity contribution < 1.29 is 26.0 Å². The fraction of sp³-hybridized carbons (Fsp3) is 0.357. The second kappa shape index (κ2) is 6.40. The Morgan fingerprint density at radius 2 is 2.13 bits per heavy atom. The van der Waals surface area contributed by atoms with Crippen LogP contribution < -0.4 is 5.32 Å². The van der Waals surface area contributed by atoms with Crippen molar-refractivity contribution in [2.24, 2.45) is 0 Å². The molecule has 1 atom stereocenters. The van der Waals surface area contributed by atoms with Gasteiger partial charge in [0.05, 0.1) is 27.2 Å². The molecule has 1 aromatic rings. The SMILES string of the molecule is C=CCNC(=O)c1cc(S(=O)(=O)[C@H]2CCS(=O)(=O)C2)ccc1F. The molecule has 1 heterocycles. The van der Waals surface area contributed by atoms with E-state index in [1.54, 1.807) is 0 Å². The van der Waals surface area contributed by atoms with Crippen molar-refractivity contribution in [3.05, 3.63) is 42.2 Å². The number of amides is 1. The molecule has 0 saturated carbocycles. The van der Waals surface area contributed by atoms with Gasteiger partial charge in [-0.15, -0.1) is 6.58 Å². The van der Waals surface area contributed by atoms with E-state index < -0.39 is 48.0 Å². The molecule has 1 N–H and O–H groups in total. The highest BCUT2D eigenvalue weighted by atomic mass is 32.2. The van der Waals surface area contributed by atoms with E-state index in [-0.39, 0.29) is 23.6 Å². The summed E-state index contributed by atoms with van der Waals surface area (Å²) in [6.07, 6.45) is 1.40. The number of hydrogen-bond donors (Lipinski definition) is 1. The standard InChI is InChI=1S/C14H16FNO5S2/c1-2-6-16-14(17)12-8-10(3-4-13(12)15)23(20,21)11-5-7-22(18,19)9-11/h2-4,8,11H,1,5-7,9H2,(H,16,17)/t11-/m0/s1. The van der Waals surface area contributed by atoms with Gasteiger partial charge in [0, 0.05) is 6.54 Å². The van der Waals surface area contributed by atoms with Crippen LogP contribution in [0, 0.1) is 5.82 Å². The Balaban J connectivity index is 2.37. The summed E-state index contributed by atoms with van der Waals surface area (Å²) in [5, 5.41) is 1.30. The second-order valence-electron chi connectivity index (χ2n) is 5.21. The third kappa shape index (κ3) is 3.78.